The van der Waals surface area contributed by atoms with Crippen molar-refractivity contribution in [3.63, 3.8) is 0 Å². The van der Waals surface area contributed by atoms with Crippen LogP contribution in [0.4, 0.5) is 5.82 Å². The van der Waals surface area contributed by atoms with Gasteiger partial charge in [-0.25, -0.2) is 0 Å². The van der Waals surface area contributed by atoms with Gasteiger partial charge in [-0.2, -0.15) is 5.10 Å². The molecule has 0 fully saturated rings. The van der Waals surface area contributed by atoms with E-state index in [4.69, 9.17) is 13.9 Å². The molecule has 0 saturated heterocycles. The van der Waals surface area contributed by atoms with Gasteiger partial charge in [0.25, 0.3) is 0 Å². The average molecular weight is 395 g/mol. The molecule has 0 aliphatic heterocycles. The lowest BCUT2D eigenvalue weighted by molar-refractivity contribution is -0.111. The molecule has 2 heterocycles. The Morgan fingerprint density at radius 3 is 2.69 bits per heavy atom. The Morgan fingerprint density at radius 1 is 1.17 bits per heavy atom. The monoisotopic (exact) mass is 395 g/mol. The van der Waals surface area contributed by atoms with Gasteiger partial charge in [0.05, 0.1) is 20.8 Å². The van der Waals surface area contributed by atoms with Crippen molar-refractivity contribution in [1.82, 2.24) is 9.78 Å². The number of aromatic nitrogens is 2. The van der Waals surface area contributed by atoms with Crippen LogP contribution in [0.5, 0.6) is 11.5 Å². The number of ether oxygens (including phenoxy) is 2. The number of anilines is 1. The molecule has 0 spiro atoms. The van der Waals surface area contributed by atoms with Crippen LogP contribution in [-0.4, -0.2) is 35.7 Å². The van der Waals surface area contributed by atoms with Gasteiger partial charge < -0.3 is 19.2 Å². The van der Waals surface area contributed by atoms with E-state index in [2.05, 4.69) is 10.4 Å². The highest BCUT2D eigenvalue weighted by Crippen LogP contribution is 2.25. The second-order valence-corrected chi connectivity index (χ2v) is 6.15. The van der Waals surface area contributed by atoms with Gasteiger partial charge in [0.1, 0.15) is 17.3 Å². The summed E-state index contributed by atoms with van der Waals surface area (Å²) in [6.45, 7) is 1.79. The molecule has 0 aliphatic rings. The quantitative estimate of drug-likeness (QED) is 0.464. The summed E-state index contributed by atoms with van der Waals surface area (Å²) in [4.78, 5) is 23.5. The van der Waals surface area contributed by atoms with Crippen molar-refractivity contribution in [1.29, 1.82) is 0 Å². The zero-order valence-electron chi connectivity index (χ0n) is 16.3. The summed E-state index contributed by atoms with van der Waals surface area (Å²) in [7, 11) is 3.13. The van der Waals surface area contributed by atoms with E-state index in [9.17, 15) is 9.59 Å². The molecule has 150 valence electrons. The zero-order chi connectivity index (χ0) is 20.8. The number of carbonyl (C=O) groups is 2. The number of nitrogens with one attached hydrogen (secondary N) is 1. The second-order valence-electron chi connectivity index (χ2n) is 6.15. The van der Waals surface area contributed by atoms with Crippen molar-refractivity contribution < 1.29 is 23.5 Å². The van der Waals surface area contributed by atoms with Gasteiger partial charge in [0, 0.05) is 36.9 Å². The number of hydrogen-bond acceptors (Lipinski definition) is 6. The van der Waals surface area contributed by atoms with E-state index in [0.29, 0.717) is 35.4 Å². The second kappa shape index (κ2) is 8.92. The van der Waals surface area contributed by atoms with Crippen molar-refractivity contribution in [2.45, 2.75) is 13.5 Å². The summed E-state index contributed by atoms with van der Waals surface area (Å²) in [5.41, 5.74) is 0.744. The predicted molar refractivity (Wildman–Crippen MR) is 107 cm³/mol. The molecule has 0 unspecified atom stereocenters. The molecule has 8 heteroatoms. The van der Waals surface area contributed by atoms with Gasteiger partial charge in [-0.3, -0.25) is 14.3 Å². The first-order valence-corrected chi connectivity index (χ1v) is 8.82. The van der Waals surface area contributed by atoms with Crippen molar-refractivity contribution in [3.8, 4) is 11.5 Å². The highest BCUT2D eigenvalue weighted by molar-refractivity contribution is 6.01. The van der Waals surface area contributed by atoms with Gasteiger partial charge in [-0.1, -0.05) is 0 Å². The van der Waals surface area contributed by atoms with Gasteiger partial charge in [0.15, 0.2) is 17.4 Å². The molecule has 1 aromatic carbocycles. The third-order valence-corrected chi connectivity index (χ3v) is 4.07. The topological polar surface area (TPSA) is 95.6 Å². The van der Waals surface area contributed by atoms with Crippen molar-refractivity contribution in [2.24, 2.45) is 0 Å². The van der Waals surface area contributed by atoms with Crippen LogP contribution in [0, 0.1) is 0 Å². The van der Waals surface area contributed by atoms with E-state index in [1.54, 1.807) is 67.6 Å². The van der Waals surface area contributed by atoms with Gasteiger partial charge in [-0.05, 0) is 30.3 Å². The molecule has 3 rings (SSSR count). The molecule has 0 radical (unpaired) electrons. The number of ketones is 1. The van der Waals surface area contributed by atoms with E-state index in [1.807, 2.05) is 0 Å². The molecule has 0 atom stereocenters. The molecule has 0 saturated carbocycles. The molecular formula is C21H21N3O5. The largest absolute Gasteiger partial charge is 0.497 e. The van der Waals surface area contributed by atoms with Gasteiger partial charge in [-0.15, -0.1) is 0 Å². The number of amides is 1. The number of benzene rings is 1. The van der Waals surface area contributed by atoms with E-state index in [-0.39, 0.29) is 11.7 Å². The van der Waals surface area contributed by atoms with Crippen LogP contribution in [0.3, 0.4) is 0 Å². The number of nitrogens with zero attached hydrogens (tertiary/aromatic N) is 2. The number of rotatable bonds is 8. The lowest BCUT2D eigenvalue weighted by Gasteiger charge is -2.07. The first kappa shape index (κ1) is 19.9. The Morgan fingerprint density at radius 2 is 2.00 bits per heavy atom. The number of Topliss-reactive ketones (excluding diaryl/α,β-unsaturated/α-hetero) is 1. The summed E-state index contributed by atoms with van der Waals surface area (Å²) >= 11 is 0. The standard InChI is InChI=1S/C21H21N3O5/c1-14(25)18-8-7-17(29-18)13-24-11-10-20(23-24)22-21(26)9-5-15-4-6-16(27-2)12-19(15)28-3/h4-12H,13H2,1-3H3,(H,22,23,26)/b9-5-. The molecule has 0 bridgehead atoms. The SMILES string of the molecule is COc1ccc(/C=C\C(=O)Nc2ccn(Cc3ccc(C(C)=O)o3)n2)c(OC)c1. The maximum Gasteiger partial charge on any atom is 0.249 e. The fraction of sp³-hybridized carbons (Fsp3) is 0.190. The van der Waals surface area contributed by atoms with E-state index in [0.717, 1.165) is 5.56 Å². The van der Waals surface area contributed by atoms with Crippen molar-refractivity contribution in [3.05, 3.63) is 65.8 Å². The van der Waals surface area contributed by atoms with Crippen LogP contribution in [0.25, 0.3) is 6.08 Å². The third-order valence-electron chi connectivity index (χ3n) is 4.07. The predicted octanol–water partition coefficient (Wildman–Crippen LogP) is 3.40. The van der Waals surface area contributed by atoms with E-state index in [1.165, 1.54) is 13.0 Å². The van der Waals surface area contributed by atoms with Crippen LogP contribution in [0.1, 0.15) is 28.8 Å². The maximum absolute atomic E-state index is 12.2. The zero-order valence-corrected chi connectivity index (χ0v) is 16.3. The number of methoxy groups -OCH3 is 2. The maximum atomic E-state index is 12.2. The normalized spacial score (nSPS) is 10.9. The van der Waals surface area contributed by atoms with Crippen LogP contribution in [0.15, 0.2) is 53.1 Å². The van der Waals surface area contributed by atoms with Crippen LogP contribution < -0.4 is 14.8 Å². The first-order valence-electron chi connectivity index (χ1n) is 8.82. The molecule has 1 N–H and O–H groups in total. The number of hydrogen-bond donors (Lipinski definition) is 1. The lowest BCUT2D eigenvalue weighted by Crippen LogP contribution is -2.09. The van der Waals surface area contributed by atoms with Crippen LogP contribution in [-0.2, 0) is 11.3 Å². The third kappa shape index (κ3) is 5.13. The Hall–Kier alpha value is -3.81. The minimum absolute atomic E-state index is 0.134. The van der Waals surface area contributed by atoms with E-state index < -0.39 is 0 Å². The Balaban J connectivity index is 1.61. The molecule has 0 aliphatic carbocycles. The lowest BCUT2D eigenvalue weighted by atomic mass is 10.1. The van der Waals surface area contributed by atoms with Crippen LogP contribution >= 0.6 is 0 Å². The van der Waals surface area contributed by atoms with E-state index >= 15 is 0 Å². The number of furan rings is 1. The molecule has 2 aromatic heterocycles. The number of carbonyl (C=O) groups excluding carboxylic acids is 2. The van der Waals surface area contributed by atoms with Gasteiger partial charge in [0.2, 0.25) is 5.91 Å². The minimum atomic E-state index is -0.329. The highest BCUT2D eigenvalue weighted by Gasteiger charge is 2.09. The summed E-state index contributed by atoms with van der Waals surface area (Å²) in [6.07, 6.45) is 4.76. The summed E-state index contributed by atoms with van der Waals surface area (Å²) in [5.74, 6) is 2.11. The summed E-state index contributed by atoms with van der Waals surface area (Å²) in [5, 5.41) is 6.97. The van der Waals surface area contributed by atoms with Gasteiger partial charge >= 0.3 is 0 Å². The average Bonchev–Trinajstić information content (AvgIpc) is 3.36. The molecular weight excluding hydrogens is 374 g/mol. The van der Waals surface area contributed by atoms with Crippen molar-refractivity contribution in [2.75, 3.05) is 19.5 Å². The van der Waals surface area contributed by atoms with Crippen LogP contribution in [0.2, 0.25) is 0 Å². The smallest absolute Gasteiger partial charge is 0.249 e. The fourth-order valence-corrected chi connectivity index (χ4v) is 2.62. The highest BCUT2D eigenvalue weighted by atomic mass is 16.5. The van der Waals surface area contributed by atoms with Crippen molar-refractivity contribution >= 4 is 23.6 Å². The summed E-state index contributed by atoms with van der Waals surface area (Å²) in [6, 6.07) is 10.4. The Kier molecular flexibility index (Phi) is 6.13. The molecule has 29 heavy (non-hydrogen) atoms. The fourth-order valence-electron chi connectivity index (χ4n) is 2.62. The molecule has 3 aromatic rings. The minimum Gasteiger partial charge on any atom is -0.497 e. The molecule has 8 nitrogen and oxygen atoms in total. The Labute approximate surface area is 167 Å². The summed E-state index contributed by atoms with van der Waals surface area (Å²) < 4.78 is 17.5. The molecule has 1 amide bonds. The Bertz CT molecular complexity index is 1050. The first-order chi connectivity index (χ1) is 14.0.